The maximum Gasteiger partial charge on any atom is 0.251 e. The summed E-state index contributed by atoms with van der Waals surface area (Å²) >= 11 is 3.45. The van der Waals surface area contributed by atoms with Gasteiger partial charge in [-0.1, -0.05) is 55.8 Å². The number of hydrogen-bond donors (Lipinski definition) is 1. The average molecular weight is 340 g/mol. The fourth-order valence-corrected chi connectivity index (χ4v) is 2.36. The summed E-state index contributed by atoms with van der Waals surface area (Å²) < 4.78 is 0. The Hall–Kier alpha value is -0.830. The van der Waals surface area contributed by atoms with Crippen LogP contribution in [0.3, 0.4) is 0 Å². The molecule has 0 aromatic heterocycles. The van der Waals surface area contributed by atoms with Crippen LogP contribution in [0.5, 0.6) is 0 Å². The normalized spacial score (nSPS) is 11.7. The molecule has 0 bridgehead atoms. The Morgan fingerprint density at radius 3 is 2.35 bits per heavy atom. The van der Waals surface area contributed by atoms with Crippen molar-refractivity contribution >= 4 is 21.8 Å². The lowest BCUT2D eigenvalue weighted by molar-refractivity contribution is 0.0934. The van der Waals surface area contributed by atoms with Gasteiger partial charge in [0.2, 0.25) is 0 Å². The molecule has 0 aliphatic carbocycles. The molecule has 1 amide bonds. The number of carbonyl (C=O) groups excluding carboxylic acids is 1. The van der Waals surface area contributed by atoms with Gasteiger partial charge in [-0.15, -0.1) is 0 Å². The molecule has 1 aromatic rings. The van der Waals surface area contributed by atoms with Gasteiger partial charge in [0.15, 0.2) is 0 Å². The zero-order valence-electron chi connectivity index (χ0n) is 13.0. The number of carbonyl (C=O) groups is 1. The fraction of sp³-hybridized carbons (Fsp3) is 0.588. The van der Waals surface area contributed by atoms with E-state index < -0.39 is 0 Å². The molecule has 0 spiro atoms. The Balaban J connectivity index is 2.54. The largest absolute Gasteiger partial charge is 0.352 e. The summed E-state index contributed by atoms with van der Waals surface area (Å²) in [6, 6.07) is 7.90. The molecule has 112 valence electrons. The Labute approximate surface area is 131 Å². The van der Waals surface area contributed by atoms with E-state index in [1.165, 1.54) is 5.56 Å². The van der Waals surface area contributed by atoms with Crippen LogP contribution >= 0.6 is 15.9 Å². The third-order valence-corrected chi connectivity index (χ3v) is 4.11. The van der Waals surface area contributed by atoms with Gasteiger partial charge in [-0.3, -0.25) is 4.79 Å². The number of rotatable bonds is 7. The second kappa shape index (κ2) is 7.82. The smallest absolute Gasteiger partial charge is 0.251 e. The van der Waals surface area contributed by atoms with Crippen LogP contribution in [0.1, 0.15) is 62.4 Å². The van der Waals surface area contributed by atoms with Gasteiger partial charge in [0, 0.05) is 17.4 Å². The van der Waals surface area contributed by atoms with E-state index in [4.69, 9.17) is 0 Å². The summed E-state index contributed by atoms with van der Waals surface area (Å²) in [6.07, 6.45) is 2.23. The molecule has 1 rings (SSSR count). The van der Waals surface area contributed by atoms with E-state index in [0.29, 0.717) is 12.5 Å². The van der Waals surface area contributed by atoms with Crippen molar-refractivity contribution in [1.82, 2.24) is 5.32 Å². The van der Waals surface area contributed by atoms with E-state index >= 15 is 0 Å². The van der Waals surface area contributed by atoms with Crippen molar-refractivity contribution in [3.8, 4) is 0 Å². The van der Waals surface area contributed by atoms with Crippen LogP contribution in [0.4, 0.5) is 0 Å². The van der Waals surface area contributed by atoms with Crippen LogP contribution in [0.15, 0.2) is 24.3 Å². The molecule has 0 radical (unpaired) electrons. The molecular formula is C17H26BrNO. The average Bonchev–Trinajstić information content (AvgIpc) is 2.43. The lowest BCUT2D eigenvalue weighted by Crippen LogP contribution is -2.34. The number of amides is 1. The molecule has 1 N–H and O–H groups in total. The number of nitrogens with one attached hydrogen (secondary N) is 1. The van der Waals surface area contributed by atoms with Crippen LogP contribution in [0.2, 0.25) is 0 Å². The van der Waals surface area contributed by atoms with Crippen molar-refractivity contribution < 1.29 is 4.79 Å². The van der Waals surface area contributed by atoms with E-state index in [1.54, 1.807) is 0 Å². The molecule has 0 aliphatic rings. The van der Waals surface area contributed by atoms with Gasteiger partial charge in [0.05, 0.1) is 0 Å². The van der Waals surface area contributed by atoms with Crippen LogP contribution in [0.25, 0.3) is 0 Å². The quantitative estimate of drug-likeness (QED) is 0.714. The molecule has 0 fully saturated rings. The van der Waals surface area contributed by atoms with Crippen LogP contribution in [-0.2, 0) is 0 Å². The summed E-state index contributed by atoms with van der Waals surface area (Å²) in [5.41, 5.74) is 2.14. The molecule has 0 atom stereocenters. The Kier molecular flexibility index (Phi) is 6.74. The molecule has 1 aromatic carbocycles. The predicted octanol–water partition coefficient (Wildman–Crippen LogP) is 4.74. The lowest BCUT2D eigenvalue weighted by Gasteiger charge is -2.24. The highest BCUT2D eigenvalue weighted by molar-refractivity contribution is 9.09. The van der Waals surface area contributed by atoms with E-state index in [2.05, 4.69) is 48.9 Å². The fourth-order valence-electron chi connectivity index (χ4n) is 2.07. The van der Waals surface area contributed by atoms with Crippen LogP contribution < -0.4 is 5.32 Å². The third kappa shape index (κ3) is 5.66. The second-order valence-electron chi connectivity index (χ2n) is 6.42. The summed E-state index contributed by atoms with van der Waals surface area (Å²) in [7, 11) is 0. The third-order valence-electron chi connectivity index (χ3n) is 3.55. The SMILES string of the molecule is CC(C)c1ccc(C(=O)NCC(C)(C)CCCBr)cc1. The first-order chi connectivity index (χ1) is 9.35. The first-order valence-electron chi connectivity index (χ1n) is 7.30. The molecular weight excluding hydrogens is 314 g/mol. The highest BCUT2D eigenvalue weighted by Gasteiger charge is 2.18. The van der Waals surface area contributed by atoms with E-state index in [9.17, 15) is 4.79 Å². The van der Waals surface area contributed by atoms with Gasteiger partial charge in [0.25, 0.3) is 5.91 Å². The molecule has 0 saturated heterocycles. The van der Waals surface area contributed by atoms with Crippen LogP contribution in [0, 0.1) is 5.41 Å². The van der Waals surface area contributed by atoms with Crippen molar-refractivity contribution in [1.29, 1.82) is 0 Å². The Bertz CT molecular complexity index is 423. The number of halogens is 1. The Morgan fingerprint density at radius 2 is 1.85 bits per heavy atom. The summed E-state index contributed by atoms with van der Waals surface area (Å²) in [5.74, 6) is 0.516. The van der Waals surface area contributed by atoms with Gasteiger partial charge in [-0.2, -0.15) is 0 Å². The van der Waals surface area contributed by atoms with Gasteiger partial charge in [-0.25, -0.2) is 0 Å². The molecule has 0 saturated carbocycles. The summed E-state index contributed by atoms with van der Waals surface area (Å²) in [4.78, 5) is 12.1. The monoisotopic (exact) mass is 339 g/mol. The maximum atomic E-state index is 12.1. The van der Waals surface area contributed by atoms with Crippen molar-refractivity contribution in [2.45, 2.75) is 46.5 Å². The molecule has 0 unspecified atom stereocenters. The van der Waals surface area contributed by atoms with Gasteiger partial charge in [-0.05, 0) is 41.9 Å². The molecule has 3 heteroatoms. The van der Waals surface area contributed by atoms with Crippen LogP contribution in [-0.4, -0.2) is 17.8 Å². The first kappa shape index (κ1) is 17.2. The number of alkyl halides is 1. The van der Waals surface area contributed by atoms with Gasteiger partial charge < -0.3 is 5.32 Å². The number of hydrogen-bond acceptors (Lipinski definition) is 1. The maximum absolute atomic E-state index is 12.1. The van der Waals surface area contributed by atoms with E-state index in [-0.39, 0.29) is 11.3 Å². The van der Waals surface area contributed by atoms with E-state index in [0.717, 1.165) is 23.7 Å². The zero-order chi connectivity index (χ0) is 15.2. The van der Waals surface area contributed by atoms with Gasteiger partial charge >= 0.3 is 0 Å². The zero-order valence-corrected chi connectivity index (χ0v) is 14.6. The van der Waals surface area contributed by atoms with Gasteiger partial charge in [0.1, 0.15) is 0 Å². The van der Waals surface area contributed by atoms with E-state index in [1.807, 2.05) is 24.3 Å². The molecule has 20 heavy (non-hydrogen) atoms. The number of benzene rings is 1. The highest BCUT2D eigenvalue weighted by Crippen LogP contribution is 2.22. The topological polar surface area (TPSA) is 29.1 Å². The minimum atomic E-state index is 0.0206. The molecule has 0 heterocycles. The lowest BCUT2D eigenvalue weighted by atomic mass is 9.88. The first-order valence-corrected chi connectivity index (χ1v) is 8.42. The molecule has 0 aliphatic heterocycles. The highest BCUT2D eigenvalue weighted by atomic mass is 79.9. The van der Waals surface area contributed by atoms with Crippen molar-refractivity contribution in [3.05, 3.63) is 35.4 Å². The van der Waals surface area contributed by atoms with Crippen molar-refractivity contribution in [2.75, 3.05) is 11.9 Å². The minimum Gasteiger partial charge on any atom is -0.352 e. The standard InChI is InChI=1S/C17H26BrNO/c1-13(2)14-6-8-15(9-7-14)16(20)19-12-17(3,4)10-5-11-18/h6-9,13H,5,10-12H2,1-4H3,(H,19,20). The predicted molar refractivity (Wildman–Crippen MR) is 89.7 cm³/mol. The Morgan fingerprint density at radius 1 is 1.25 bits per heavy atom. The van der Waals surface area contributed by atoms with Crippen molar-refractivity contribution in [2.24, 2.45) is 5.41 Å². The second-order valence-corrected chi connectivity index (χ2v) is 7.21. The summed E-state index contributed by atoms with van der Waals surface area (Å²) in [5, 5.41) is 4.06. The summed E-state index contributed by atoms with van der Waals surface area (Å²) in [6.45, 7) is 9.41. The minimum absolute atomic E-state index is 0.0206. The molecule has 2 nitrogen and oxygen atoms in total. The van der Waals surface area contributed by atoms with Crippen molar-refractivity contribution in [3.63, 3.8) is 0 Å².